The molecular weight excluding hydrogens is 420 g/mol. The lowest BCUT2D eigenvalue weighted by Crippen LogP contribution is -2.37. The van der Waals surface area contributed by atoms with E-state index in [-0.39, 0.29) is 17.1 Å². The first-order valence-corrected chi connectivity index (χ1v) is 12.4. The molecule has 0 spiro atoms. The fourth-order valence-corrected chi connectivity index (χ4v) is 4.84. The molecule has 0 bridgehead atoms. The topological polar surface area (TPSA) is 53.8 Å². The number of hydrogen-bond donors (Lipinski definition) is 0. The summed E-state index contributed by atoms with van der Waals surface area (Å²) in [4.78, 5) is 32.4. The first kappa shape index (κ1) is 22.6. The summed E-state index contributed by atoms with van der Waals surface area (Å²) in [5.74, 6) is -0.0208. The van der Waals surface area contributed by atoms with Gasteiger partial charge in [0.1, 0.15) is 5.58 Å². The predicted octanol–water partition coefficient (Wildman–Crippen LogP) is 5.02. The Balaban J connectivity index is 1.88. The molecule has 1 amide bonds. The van der Waals surface area contributed by atoms with Crippen LogP contribution < -0.4 is 5.43 Å². The lowest BCUT2D eigenvalue weighted by molar-refractivity contribution is 0.0708. The van der Waals surface area contributed by atoms with E-state index in [1.165, 1.54) is 0 Å². The van der Waals surface area contributed by atoms with E-state index in [2.05, 4.69) is 18.7 Å². The van der Waals surface area contributed by atoms with Crippen LogP contribution in [0.2, 0.25) is 0 Å². The molecule has 0 fully saturated rings. The summed E-state index contributed by atoms with van der Waals surface area (Å²) in [7, 11) is 0. The monoisotopic (exact) mass is 450 g/mol. The highest BCUT2D eigenvalue weighted by atomic mass is 32.2. The Bertz CT molecular complexity index is 1210. The Morgan fingerprint density at radius 3 is 2.31 bits per heavy atom. The van der Waals surface area contributed by atoms with Gasteiger partial charge < -0.3 is 14.2 Å². The van der Waals surface area contributed by atoms with Crippen molar-refractivity contribution >= 4 is 28.6 Å². The largest absolute Gasteiger partial charge is 0.450 e. The third kappa shape index (κ3) is 3.86. The van der Waals surface area contributed by atoms with Gasteiger partial charge in [-0.25, -0.2) is 0 Å². The Hall–Kier alpha value is -2.57. The Labute approximate surface area is 193 Å². The third-order valence-electron chi connectivity index (χ3n) is 6.57. The number of nitrogens with zero attached hydrogens (tertiary/aromatic N) is 2. The summed E-state index contributed by atoms with van der Waals surface area (Å²) in [5, 5.41) is 0.538. The van der Waals surface area contributed by atoms with Crippen molar-refractivity contribution in [1.29, 1.82) is 0 Å². The number of aryl methyl sites for hydroxylation is 2. The molecule has 0 N–H and O–H groups in total. The average Bonchev–Trinajstić information content (AvgIpc) is 3.08. The van der Waals surface area contributed by atoms with Gasteiger partial charge in [-0.15, -0.1) is 11.8 Å². The van der Waals surface area contributed by atoms with Crippen molar-refractivity contribution in [2.75, 3.05) is 32.4 Å². The van der Waals surface area contributed by atoms with Gasteiger partial charge in [0, 0.05) is 18.0 Å². The lowest BCUT2D eigenvalue weighted by Gasteiger charge is -2.28. The molecule has 6 heteroatoms. The van der Waals surface area contributed by atoms with Gasteiger partial charge in [-0.1, -0.05) is 26.0 Å². The molecule has 2 heterocycles. The van der Waals surface area contributed by atoms with Gasteiger partial charge in [0.25, 0.3) is 5.91 Å². The summed E-state index contributed by atoms with van der Waals surface area (Å²) >= 11 is 1.67. The summed E-state index contributed by atoms with van der Waals surface area (Å²) in [6, 6.07) is 11.4. The molecule has 4 rings (SSSR count). The molecule has 32 heavy (non-hydrogen) atoms. The van der Waals surface area contributed by atoms with Gasteiger partial charge in [-0.05, 0) is 74.1 Å². The minimum Gasteiger partial charge on any atom is -0.450 e. The first-order chi connectivity index (χ1) is 15.4. The van der Waals surface area contributed by atoms with Crippen LogP contribution in [0.4, 0.5) is 0 Å². The highest BCUT2D eigenvalue weighted by Crippen LogP contribution is 2.38. The molecule has 2 aromatic carbocycles. The van der Waals surface area contributed by atoms with Gasteiger partial charge in [-0.2, -0.15) is 0 Å². The van der Waals surface area contributed by atoms with Crippen LogP contribution in [0.1, 0.15) is 52.7 Å². The second kappa shape index (κ2) is 9.12. The molecule has 168 valence electrons. The van der Waals surface area contributed by atoms with E-state index < -0.39 is 6.04 Å². The fourth-order valence-electron chi connectivity index (χ4n) is 4.43. The maximum Gasteiger partial charge on any atom is 0.290 e. The van der Waals surface area contributed by atoms with E-state index >= 15 is 0 Å². The number of fused-ring (bicyclic) bond motifs is 2. The number of carbonyl (C=O) groups excluding carboxylic acids is 1. The standard InChI is InChI=1S/C26H30N2O3S/c1-6-27(7-2)12-13-28-23(18-8-10-19(32-5)11-9-18)22-24(29)20-14-16(3)17(4)15-21(20)31-25(22)26(28)30/h8-11,14-15,23H,6-7,12-13H2,1-5H3. The van der Waals surface area contributed by atoms with Crippen LogP contribution in [-0.4, -0.2) is 48.1 Å². The highest BCUT2D eigenvalue weighted by Gasteiger charge is 2.42. The molecule has 0 saturated carbocycles. The summed E-state index contributed by atoms with van der Waals surface area (Å²) in [6.07, 6.45) is 2.03. The van der Waals surface area contributed by atoms with Gasteiger partial charge in [-0.3, -0.25) is 9.59 Å². The van der Waals surface area contributed by atoms with E-state index in [1.807, 2.05) is 56.5 Å². The average molecular weight is 451 g/mol. The Morgan fingerprint density at radius 1 is 1.03 bits per heavy atom. The van der Waals surface area contributed by atoms with Crippen molar-refractivity contribution in [3.8, 4) is 0 Å². The van der Waals surface area contributed by atoms with Crippen molar-refractivity contribution in [1.82, 2.24) is 9.80 Å². The molecule has 1 aliphatic heterocycles. The van der Waals surface area contributed by atoms with E-state index in [9.17, 15) is 9.59 Å². The second-order valence-corrected chi connectivity index (χ2v) is 9.19. The normalized spacial score (nSPS) is 15.8. The number of thioether (sulfide) groups is 1. The van der Waals surface area contributed by atoms with E-state index in [1.54, 1.807) is 16.7 Å². The molecule has 1 atom stereocenters. The maximum atomic E-state index is 13.7. The van der Waals surface area contributed by atoms with Crippen LogP contribution in [-0.2, 0) is 0 Å². The summed E-state index contributed by atoms with van der Waals surface area (Å²) < 4.78 is 6.11. The molecule has 0 aliphatic carbocycles. The number of benzene rings is 2. The summed E-state index contributed by atoms with van der Waals surface area (Å²) in [6.45, 7) is 11.3. The molecule has 0 saturated heterocycles. The van der Waals surface area contributed by atoms with Crippen LogP contribution in [0.25, 0.3) is 11.0 Å². The van der Waals surface area contributed by atoms with Gasteiger partial charge in [0.05, 0.1) is 17.0 Å². The number of hydrogen-bond acceptors (Lipinski definition) is 5. The van der Waals surface area contributed by atoms with Gasteiger partial charge in [0.15, 0.2) is 5.43 Å². The molecular formula is C26H30N2O3S. The van der Waals surface area contributed by atoms with E-state index in [4.69, 9.17) is 4.42 Å². The smallest absolute Gasteiger partial charge is 0.290 e. The third-order valence-corrected chi connectivity index (χ3v) is 7.31. The quantitative estimate of drug-likeness (QED) is 0.473. The van der Waals surface area contributed by atoms with E-state index in [0.29, 0.717) is 23.1 Å². The number of likely N-dealkylation sites (N-methyl/N-ethyl adjacent to an activating group) is 1. The van der Waals surface area contributed by atoms with Gasteiger partial charge >= 0.3 is 0 Å². The molecule has 1 aromatic heterocycles. The van der Waals surface area contributed by atoms with Crippen molar-refractivity contribution in [2.24, 2.45) is 0 Å². The van der Waals surface area contributed by atoms with Crippen molar-refractivity contribution in [3.05, 3.63) is 74.6 Å². The van der Waals surface area contributed by atoms with Crippen LogP contribution >= 0.6 is 11.8 Å². The number of carbonyl (C=O) groups is 1. The van der Waals surface area contributed by atoms with Crippen LogP contribution in [0.5, 0.6) is 0 Å². The van der Waals surface area contributed by atoms with Crippen molar-refractivity contribution in [3.63, 3.8) is 0 Å². The van der Waals surface area contributed by atoms with E-state index in [0.717, 1.165) is 41.2 Å². The second-order valence-electron chi connectivity index (χ2n) is 8.31. The number of amides is 1. The highest BCUT2D eigenvalue weighted by molar-refractivity contribution is 7.98. The molecule has 3 aromatic rings. The zero-order valence-corrected chi connectivity index (χ0v) is 20.2. The minimum absolute atomic E-state index is 0.109. The fraction of sp³-hybridized carbons (Fsp3) is 0.385. The zero-order valence-electron chi connectivity index (χ0n) is 19.4. The Kier molecular flexibility index (Phi) is 6.45. The van der Waals surface area contributed by atoms with Crippen LogP contribution in [0.15, 0.2) is 50.5 Å². The molecule has 1 unspecified atom stereocenters. The van der Waals surface area contributed by atoms with Crippen molar-refractivity contribution < 1.29 is 9.21 Å². The number of rotatable bonds is 7. The first-order valence-electron chi connectivity index (χ1n) is 11.1. The van der Waals surface area contributed by atoms with Crippen LogP contribution in [0.3, 0.4) is 0 Å². The molecule has 5 nitrogen and oxygen atoms in total. The Morgan fingerprint density at radius 2 is 1.69 bits per heavy atom. The van der Waals surface area contributed by atoms with Gasteiger partial charge in [0.2, 0.25) is 5.76 Å². The SMILES string of the molecule is CCN(CC)CCN1C(=O)c2oc3cc(C)c(C)cc3c(=O)c2C1c1ccc(SC)cc1. The van der Waals surface area contributed by atoms with Crippen LogP contribution in [0, 0.1) is 13.8 Å². The molecule has 1 aliphatic rings. The van der Waals surface area contributed by atoms with Crippen molar-refractivity contribution in [2.45, 2.75) is 38.6 Å². The predicted molar refractivity (Wildman–Crippen MR) is 131 cm³/mol. The maximum absolute atomic E-state index is 13.7. The summed E-state index contributed by atoms with van der Waals surface area (Å²) in [5.41, 5.74) is 3.84. The zero-order chi connectivity index (χ0) is 23.0. The lowest BCUT2D eigenvalue weighted by atomic mass is 9.97. The minimum atomic E-state index is -0.439. The molecule has 0 radical (unpaired) electrons.